The van der Waals surface area contributed by atoms with E-state index in [2.05, 4.69) is 50.1 Å². The first-order valence-corrected chi connectivity index (χ1v) is 13.3. The SMILES string of the molecule is C[C@H](C(=O)N1CCN(C)CC1)[C@@H]1CC[C@@]2(C)Cc3sc(-c4ccccc4)nc3[C@@H](C)[C@@H]2[C@H]1O. The van der Waals surface area contributed by atoms with Gasteiger partial charge in [0.1, 0.15) is 5.01 Å². The number of aliphatic hydroxyl groups excluding tert-OH is 1. The van der Waals surface area contributed by atoms with Crippen molar-refractivity contribution in [2.24, 2.45) is 23.2 Å². The second-order valence-corrected chi connectivity index (χ2v) is 12.0. The van der Waals surface area contributed by atoms with Gasteiger partial charge in [0.25, 0.3) is 0 Å². The van der Waals surface area contributed by atoms with E-state index in [4.69, 9.17) is 4.98 Å². The van der Waals surface area contributed by atoms with E-state index in [9.17, 15) is 9.90 Å². The Bertz CT molecular complexity index is 1000. The molecule has 0 unspecified atom stereocenters. The molecule has 3 aliphatic rings. The van der Waals surface area contributed by atoms with Crippen molar-refractivity contribution in [2.45, 2.75) is 52.1 Å². The number of aromatic nitrogens is 1. The smallest absolute Gasteiger partial charge is 0.225 e. The van der Waals surface area contributed by atoms with Crippen LogP contribution in [0.15, 0.2) is 30.3 Å². The van der Waals surface area contributed by atoms with E-state index < -0.39 is 6.10 Å². The van der Waals surface area contributed by atoms with E-state index in [1.807, 2.05) is 29.2 Å². The standard InChI is InChI=1S/C27H37N3O2S/c1-17(26(32)30-14-12-29(4)13-15-30)20-10-11-27(3)16-21-23(18(2)22(27)24(20)31)28-25(33-21)19-8-6-5-7-9-19/h5-9,17-18,20,22,24,31H,10-16H2,1-4H3/t17-,18-,20-,22+,24-,27-/m0/s1. The van der Waals surface area contributed by atoms with E-state index >= 15 is 0 Å². The summed E-state index contributed by atoms with van der Waals surface area (Å²) in [5.41, 5.74) is 2.39. The molecule has 2 fully saturated rings. The van der Waals surface area contributed by atoms with Gasteiger partial charge in [0.2, 0.25) is 5.91 Å². The fraction of sp³-hybridized carbons (Fsp3) is 0.630. The number of hydrogen-bond donors (Lipinski definition) is 1. The van der Waals surface area contributed by atoms with Crippen molar-refractivity contribution in [1.29, 1.82) is 0 Å². The average molecular weight is 468 g/mol. The summed E-state index contributed by atoms with van der Waals surface area (Å²) in [6.45, 7) is 10.1. The highest BCUT2D eigenvalue weighted by Crippen LogP contribution is 2.57. The number of amides is 1. The molecule has 1 saturated heterocycles. The third kappa shape index (κ3) is 4.04. The third-order valence-corrected chi connectivity index (χ3v) is 9.91. The first kappa shape index (κ1) is 23.0. The van der Waals surface area contributed by atoms with Crippen LogP contribution in [0.1, 0.15) is 50.1 Å². The molecule has 0 radical (unpaired) electrons. The zero-order valence-electron chi connectivity index (χ0n) is 20.3. The highest BCUT2D eigenvalue weighted by atomic mass is 32.1. The number of fused-ring (bicyclic) bond motifs is 2. The van der Waals surface area contributed by atoms with Crippen LogP contribution in [-0.2, 0) is 11.2 Å². The molecule has 5 nitrogen and oxygen atoms in total. The maximum atomic E-state index is 13.3. The molecular formula is C27H37N3O2S. The fourth-order valence-electron chi connectivity index (χ4n) is 6.75. The number of thiazole rings is 1. The lowest BCUT2D eigenvalue weighted by atomic mass is 9.53. The number of nitrogens with zero attached hydrogens (tertiary/aromatic N) is 3. The van der Waals surface area contributed by atoms with Crippen LogP contribution in [0.25, 0.3) is 10.6 Å². The van der Waals surface area contributed by atoms with Crippen molar-refractivity contribution in [3.05, 3.63) is 40.9 Å². The number of likely N-dealkylation sites (N-methyl/N-ethyl adjacent to an activating group) is 1. The van der Waals surface area contributed by atoms with Gasteiger partial charge in [0, 0.05) is 48.5 Å². The second kappa shape index (κ2) is 8.79. The Morgan fingerprint density at radius 2 is 1.91 bits per heavy atom. The number of benzene rings is 1. The Hall–Kier alpha value is -1.76. The molecule has 1 aromatic heterocycles. The van der Waals surface area contributed by atoms with E-state index in [-0.39, 0.29) is 35.0 Å². The molecule has 1 aromatic carbocycles. The maximum absolute atomic E-state index is 13.3. The van der Waals surface area contributed by atoms with Crippen molar-refractivity contribution in [3.8, 4) is 10.6 Å². The lowest BCUT2D eigenvalue weighted by Crippen LogP contribution is -2.55. The molecule has 1 aliphatic heterocycles. The zero-order valence-corrected chi connectivity index (χ0v) is 21.1. The molecule has 0 bridgehead atoms. The van der Waals surface area contributed by atoms with E-state index in [0.717, 1.165) is 50.4 Å². The van der Waals surface area contributed by atoms with Crippen LogP contribution in [-0.4, -0.2) is 65.1 Å². The largest absolute Gasteiger partial charge is 0.392 e. The van der Waals surface area contributed by atoms with Gasteiger partial charge in [-0.3, -0.25) is 4.79 Å². The van der Waals surface area contributed by atoms with Crippen LogP contribution in [0, 0.1) is 23.2 Å². The average Bonchev–Trinajstić information content (AvgIpc) is 3.23. The lowest BCUT2D eigenvalue weighted by Gasteiger charge is -2.53. The number of piperazine rings is 1. The van der Waals surface area contributed by atoms with E-state index in [1.165, 1.54) is 16.1 Å². The molecule has 1 saturated carbocycles. The summed E-state index contributed by atoms with van der Waals surface area (Å²) in [4.78, 5) is 24.1. The zero-order chi connectivity index (χ0) is 23.3. The van der Waals surface area contributed by atoms with Crippen LogP contribution in [0.4, 0.5) is 0 Å². The highest BCUT2D eigenvalue weighted by molar-refractivity contribution is 7.15. The summed E-state index contributed by atoms with van der Waals surface area (Å²) >= 11 is 1.82. The second-order valence-electron chi connectivity index (χ2n) is 10.9. The first-order valence-electron chi connectivity index (χ1n) is 12.5. The van der Waals surface area contributed by atoms with Gasteiger partial charge in [-0.2, -0.15) is 0 Å². The Morgan fingerprint density at radius 3 is 2.61 bits per heavy atom. The molecule has 178 valence electrons. The fourth-order valence-corrected chi connectivity index (χ4v) is 8.12. The van der Waals surface area contributed by atoms with Crippen LogP contribution in [0.3, 0.4) is 0 Å². The molecule has 33 heavy (non-hydrogen) atoms. The number of carbonyl (C=O) groups is 1. The number of aliphatic hydroxyl groups is 1. The Morgan fingerprint density at radius 1 is 1.21 bits per heavy atom. The minimum Gasteiger partial charge on any atom is -0.392 e. The van der Waals surface area contributed by atoms with Crippen LogP contribution < -0.4 is 0 Å². The van der Waals surface area contributed by atoms with Gasteiger partial charge in [-0.25, -0.2) is 4.98 Å². The molecule has 1 N–H and O–H groups in total. The molecule has 6 atom stereocenters. The van der Waals surface area contributed by atoms with Crippen LogP contribution >= 0.6 is 11.3 Å². The maximum Gasteiger partial charge on any atom is 0.225 e. The summed E-state index contributed by atoms with van der Waals surface area (Å²) in [6.07, 6.45) is 2.48. The predicted molar refractivity (Wildman–Crippen MR) is 133 cm³/mol. The monoisotopic (exact) mass is 467 g/mol. The first-order chi connectivity index (χ1) is 15.8. The molecule has 2 aliphatic carbocycles. The molecule has 6 heteroatoms. The Balaban J connectivity index is 1.38. The minimum atomic E-state index is -0.472. The Labute approximate surface area is 201 Å². The van der Waals surface area contributed by atoms with Crippen molar-refractivity contribution >= 4 is 17.2 Å². The summed E-state index contributed by atoms with van der Waals surface area (Å²) in [7, 11) is 2.11. The summed E-state index contributed by atoms with van der Waals surface area (Å²) in [5.74, 6) is 0.427. The quantitative estimate of drug-likeness (QED) is 0.732. The minimum absolute atomic E-state index is 0.0199. The summed E-state index contributed by atoms with van der Waals surface area (Å²) in [5, 5.41) is 12.8. The normalized spacial score (nSPS) is 33.3. The number of rotatable bonds is 3. The predicted octanol–water partition coefficient (Wildman–Crippen LogP) is 4.27. The topological polar surface area (TPSA) is 56.7 Å². The molecular weight excluding hydrogens is 430 g/mol. The van der Waals surface area contributed by atoms with E-state index in [1.54, 1.807) is 0 Å². The van der Waals surface area contributed by atoms with Gasteiger partial charge in [-0.05, 0) is 43.6 Å². The Kier molecular flexibility index (Phi) is 6.13. The number of hydrogen-bond acceptors (Lipinski definition) is 5. The van der Waals surface area contributed by atoms with Gasteiger partial charge in [0.05, 0.1) is 11.8 Å². The third-order valence-electron chi connectivity index (χ3n) is 8.79. The molecule has 2 heterocycles. The highest BCUT2D eigenvalue weighted by Gasteiger charge is 2.54. The van der Waals surface area contributed by atoms with Crippen molar-refractivity contribution in [1.82, 2.24) is 14.8 Å². The molecule has 5 rings (SSSR count). The summed E-state index contributed by atoms with van der Waals surface area (Å²) in [6, 6.07) is 10.4. The molecule has 1 amide bonds. The van der Waals surface area contributed by atoms with Gasteiger partial charge < -0.3 is 14.9 Å². The molecule has 2 aromatic rings. The van der Waals surface area contributed by atoms with Gasteiger partial charge in [-0.15, -0.1) is 11.3 Å². The van der Waals surface area contributed by atoms with E-state index in [0.29, 0.717) is 0 Å². The van der Waals surface area contributed by atoms with Crippen LogP contribution in [0.5, 0.6) is 0 Å². The van der Waals surface area contributed by atoms with Crippen LogP contribution in [0.2, 0.25) is 0 Å². The van der Waals surface area contributed by atoms with Crippen molar-refractivity contribution in [3.63, 3.8) is 0 Å². The lowest BCUT2D eigenvalue weighted by molar-refractivity contribution is -0.146. The summed E-state index contributed by atoms with van der Waals surface area (Å²) < 4.78 is 0. The van der Waals surface area contributed by atoms with Gasteiger partial charge >= 0.3 is 0 Å². The molecule has 0 spiro atoms. The van der Waals surface area contributed by atoms with Gasteiger partial charge in [-0.1, -0.05) is 51.1 Å². The van der Waals surface area contributed by atoms with Gasteiger partial charge in [0.15, 0.2) is 0 Å². The number of carbonyl (C=O) groups excluding carboxylic acids is 1. The van der Waals surface area contributed by atoms with Crippen molar-refractivity contribution < 1.29 is 9.90 Å². The van der Waals surface area contributed by atoms with Crippen molar-refractivity contribution in [2.75, 3.05) is 33.2 Å².